The van der Waals surface area contributed by atoms with Gasteiger partial charge < -0.3 is 19.3 Å². The average Bonchev–Trinajstić information content (AvgIpc) is 3.52. The van der Waals surface area contributed by atoms with Crippen LogP contribution in [0.4, 0.5) is 5.13 Å². The van der Waals surface area contributed by atoms with E-state index < -0.39 is 17.7 Å². The smallest absolute Gasteiger partial charge is 0.301 e. The maximum atomic E-state index is 13.6. The van der Waals surface area contributed by atoms with Crippen LogP contribution in [0.3, 0.4) is 0 Å². The monoisotopic (exact) mass is 558 g/mol. The summed E-state index contributed by atoms with van der Waals surface area (Å²) in [4.78, 5) is 33.3. The van der Waals surface area contributed by atoms with Crippen molar-refractivity contribution in [2.24, 2.45) is 0 Å². The van der Waals surface area contributed by atoms with Crippen LogP contribution >= 0.6 is 11.3 Å². The van der Waals surface area contributed by atoms with E-state index in [0.29, 0.717) is 40.1 Å². The molecule has 0 radical (unpaired) electrons. The van der Waals surface area contributed by atoms with Crippen LogP contribution in [-0.2, 0) is 16.0 Å². The molecule has 40 heavy (non-hydrogen) atoms. The highest BCUT2D eigenvalue weighted by atomic mass is 32.1. The van der Waals surface area contributed by atoms with E-state index >= 15 is 0 Å². The Balaban J connectivity index is 1.70. The molecule has 0 spiro atoms. The third-order valence-corrected chi connectivity index (χ3v) is 7.85. The first kappa shape index (κ1) is 27.2. The molecule has 2 heterocycles. The minimum Gasteiger partial charge on any atom is -0.507 e. The summed E-state index contributed by atoms with van der Waals surface area (Å²) >= 11 is 1.33. The van der Waals surface area contributed by atoms with Crippen molar-refractivity contribution in [3.8, 4) is 17.2 Å². The number of aliphatic hydroxyl groups is 1. The summed E-state index contributed by atoms with van der Waals surface area (Å²) in [5.41, 5.74) is 2.80. The van der Waals surface area contributed by atoms with E-state index in [0.717, 1.165) is 28.6 Å². The van der Waals surface area contributed by atoms with E-state index in [4.69, 9.17) is 19.2 Å². The molecule has 1 N–H and O–H groups in total. The minimum absolute atomic E-state index is 0.0343. The number of benzene rings is 3. The van der Waals surface area contributed by atoms with E-state index in [1.54, 1.807) is 49.6 Å². The Labute approximate surface area is 236 Å². The Morgan fingerprint density at radius 2 is 1.75 bits per heavy atom. The number of anilines is 1. The van der Waals surface area contributed by atoms with Gasteiger partial charge >= 0.3 is 5.91 Å². The number of carbonyl (C=O) groups is 2. The van der Waals surface area contributed by atoms with Crippen LogP contribution in [0.1, 0.15) is 43.0 Å². The lowest BCUT2D eigenvalue weighted by atomic mass is 9.95. The molecule has 0 bridgehead atoms. The van der Waals surface area contributed by atoms with Crippen LogP contribution in [0, 0.1) is 0 Å². The number of amides is 1. The predicted molar refractivity (Wildman–Crippen MR) is 156 cm³/mol. The third-order valence-electron chi connectivity index (χ3n) is 6.83. The minimum atomic E-state index is -0.942. The molecule has 1 aromatic heterocycles. The number of Topliss-reactive ketones (excluding diaryl/α,β-unsaturated/α-hetero) is 1. The lowest BCUT2D eigenvalue weighted by Gasteiger charge is -2.24. The molecule has 1 saturated heterocycles. The van der Waals surface area contributed by atoms with E-state index in [2.05, 4.69) is 6.92 Å². The zero-order valence-corrected chi connectivity index (χ0v) is 23.6. The van der Waals surface area contributed by atoms with E-state index in [1.807, 2.05) is 25.1 Å². The van der Waals surface area contributed by atoms with Crippen molar-refractivity contribution in [1.29, 1.82) is 0 Å². The van der Waals surface area contributed by atoms with Gasteiger partial charge in [-0.1, -0.05) is 37.3 Å². The van der Waals surface area contributed by atoms with E-state index in [-0.39, 0.29) is 11.3 Å². The fourth-order valence-electron chi connectivity index (χ4n) is 4.71. The first-order valence-corrected chi connectivity index (χ1v) is 13.9. The number of hydrogen-bond acceptors (Lipinski definition) is 8. The highest BCUT2D eigenvalue weighted by molar-refractivity contribution is 7.22. The fraction of sp³-hybridized carbons (Fsp3) is 0.258. The van der Waals surface area contributed by atoms with Crippen LogP contribution < -0.4 is 19.1 Å². The van der Waals surface area contributed by atoms with Crippen LogP contribution in [0.5, 0.6) is 17.2 Å². The number of aryl methyl sites for hydroxylation is 1. The number of ether oxygens (including phenoxy) is 3. The van der Waals surface area contributed by atoms with Crippen LogP contribution in [0.25, 0.3) is 16.0 Å². The Morgan fingerprint density at radius 3 is 2.42 bits per heavy atom. The van der Waals surface area contributed by atoms with Gasteiger partial charge in [0.15, 0.2) is 16.6 Å². The second-order valence-corrected chi connectivity index (χ2v) is 10.3. The molecule has 1 atom stereocenters. The molecule has 5 rings (SSSR count). The summed E-state index contributed by atoms with van der Waals surface area (Å²) in [5.74, 6) is -0.239. The molecule has 3 aromatic carbocycles. The van der Waals surface area contributed by atoms with Crippen LogP contribution in [0.2, 0.25) is 0 Å². The molecule has 0 aliphatic carbocycles. The van der Waals surface area contributed by atoms with Gasteiger partial charge in [0.25, 0.3) is 5.78 Å². The van der Waals surface area contributed by atoms with Gasteiger partial charge in [-0.25, -0.2) is 4.98 Å². The summed E-state index contributed by atoms with van der Waals surface area (Å²) in [6, 6.07) is 16.9. The zero-order chi connectivity index (χ0) is 28.4. The molecular formula is C31H30N2O6S. The Morgan fingerprint density at radius 1 is 0.975 bits per heavy atom. The maximum Gasteiger partial charge on any atom is 0.301 e. The SMILES string of the molecule is CCCOc1ccc([C@H]2/C(=C(\O)c3ccc(OC)cc3)C(=O)C(=O)N2c2nc3ccc(CC)cc3s2)cc1OC. The van der Waals surface area contributed by atoms with Crippen molar-refractivity contribution in [1.82, 2.24) is 4.98 Å². The molecule has 1 aliphatic rings. The van der Waals surface area contributed by atoms with Gasteiger partial charge in [0.1, 0.15) is 11.5 Å². The predicted octanol–water partition coefficient (Wildman–Crippen LogP) is 6.29. The highest BCUT2D eigenvalue weighted by Gasteiger charge is 2.48. The van der Waals surface area contributed by atoms with Crippen LogP contribution in [0.15, 0.2) is 66.2 Å². The first-order chi connectivity index (χ1) is 19.4. The molecule has 4 aromatic rings. The lowest BCUT2D eigenvalue weighted by molar-refractivity contribution is -0.132. The van der Waals surface area contributed by atoms with E-state index in [1.165, 1.54) is 23.3 Å². The fourth-order valence-corrected chi connectivity index (χ4v) is 5.77. The summed E-state index contributed by atoms with van der Waals surface area (Å²) in [6.45, 7) is 4.59. The molecule has 0 unspecified atom stereocenters. The molecular weight excluding hydrogens is 528 g/mol. The number of rotatable bonds is 9. The standard InChI is InChI=1S/C31H30N2O6S/c1-5-15-39-23-14-10-20(17-24(23)38-4)27-26(28(34)19-8-11-21(37-3)12-9-19)29(35)30(36)33(27)31-32-22-13-7-18(6-2)16-25(22)40-31/h7-14,16-17,27,34H,5-6,15H2,1-4H3/b28-26+/t27-/m0/s1. The summed E-state index contributed by atoms with van der Waals surface area (Å²) in [7, 11) is 3.08. The number of aromatic nitrogens is 1. The number of hydrogen-bond donors (Lipinski definition) is 1. The van der Waals surface area contributed by atoms with Gasteiger partial charge in [-0.15, -0.1) is 0 Å². The number of aliphatic hydroxyl groups excluding tert-OH is 1. The van der Waals surface area contributed by atoms with Crippen LogP contribution in [-0.4, -0.2) is 42.6 Å². The normalized spacial score (nSPS) is 16.5. The van der Waals surface area contributed by atoms with Gasteiger partial charge in [-0.2, -0.15) is 0 Å². The van der Waals surface area contributed by atoms with E-state index in [9.17, 15) is 14.7 Å². The first-order valence-electron chi connectivity index (χ1n) is 13.1. The zero-order valence-electron chi connectivity index (χ0n) is 22.8. The maximum absolute atomic E-state index is 13.6. The second-order valence-electron chi connectivity index (χ2n) is 9.31. The summed E-state index contributed by atoms with van der Waals surface area (Å²) in [5, 5.41) is 11.8. The molecule has 8 nitrogen and oxygen atoms in total. The molecule has 9 heteroatoms. The quantitative estimate of drug-likeness (QED) is 0.146. The van der Waals surface area contributed by atoms with Crippen molar-refractivity contribution in [2.75, 3.05) is 25.7 Å². The second kappa shape index (κ2) is 11.4. The van der Waals surface area contributed by atoms with Crippen molar-refractivity contribution in [3.05, 3.63) is 82.9 Å². The number of methoxy groups -OCH3 is 2. The number of fused-ring (bicyclic) bond motifs is 1. The molecule has 1 amide bonds. The summed E-state index contributed by atoms with van der Waals surface area (Å²) < 4.78 is 17.6. The number of nitrogens with zero attached hydrogens (tertiary/aromatic N) is 2. The van der Waals surface area contributed by atoms with Gasteiger partial charge in [0, 0.05) is 5.56 Å². The molecule has 0 saturated carbocycles. The molecule has 1 aliphatic heterocycles. The highest BCUT2D eigenvalue weighted by Crippen LogP contribution is 2.46. The Kier molecular flexibility index (Phi) is 7.75. The Hall–Kier alpha value is -4.37. The number of thiazole rings is 1. The largest absolute Gasteiger partial charge is 0.507 e. The average molecular weight is 559 g/mol. The van der Waals surface area contributed by atoms with Crippen molar-refractivity contribution >= 4 is 44.1 Å². The Bertz CT molecular complexity index is 1610. The summed E-state index contributed by atoms with van der Waals surface area (Å²) in [6.07, 6.45) is 1.69. The van der Waals surface area contributed by atoms with Crippen molar-refractivity contribution < 1.29 is 28.9 Å². The molecule has 1 fully saturated rings. The van der Waals surface area contributed by atoms with Crippen molar-refractivity contribution in [2.45, 2.75) is 32.7 Å². The topological polar surface area (TPSA) is 98.2 Å². The third kappa shape index (κ3) is 4.88. The van der Waals surface area contributed by atoms with Crippen molar-refractivity contribution in [3.63, 3.8) is 0 Å². The van der Waals surface area contributed by atoms with Gasteiger partial charge in [0.05, 0.1) is 42.7 Å². The lowest BCUT2D eigenvalue weighted by Crippen LogP contribution is -2.29. The van der Waals surface area contributed by atoms with Gasteiger partial charge in [-0.05, 0) is 72.5 Å². The van der Waals surface area contributed by atoms with Gasteiger partial charge in [0.2, 0.25) is 0 Å². The number of ketones is 1. The molecule has 206 valence electrons. The number of carbonyl (C=O) groups excluding carboxylic acids is 2. The van der Waals surface area contributed by atoms with Gasteiger partial charge in [-0.3, -0.25) is 14.5 Å².